The molecule has 1 atom stereocenters. The monoisotopic (exact) mass is 218 g/mol. The highest BCUT2D eigenvalue weighted by molar-refractivity contribution is 5.34. The number of rotatable bonds is 2. The molecule has 1 N–H and O–H groups in total. The number of morpholine rings is 1. The summed E-state index contributed by atoms with van der Waals surface area (Å²) in [6.07, 6.45) is 2.43. The Morgan fingerprint density at radius 3 is 2.88 bits per heavy atom. The molecule has 1 heterocycles. The van der Waals surface area contributed by atoms with Crippen LogP contribution in [0.2, 0.25) is 0 Å². The van der Waals surface area contributed by atoms with Crippen molar-refractivity contribution < 1.29 is 4.74 Å². The van der Waals surface area contributed by atoms with Crippen molar-refractivity contribution in [2.75, 3.05) is 26.3 Å². The van der Waals surface area contributed by atoms with Crippen LogP contribution in [0, 0.1) is 0 Å². The summed E-state index contributed by atoms with van der Waals surface area (Å²) in [6, 6.07) is 9.28. The van der Waals surface area contributed by atoms with Gasteiger partial charge in [-0.3, -0.25) is 0 Å². The highest BCUT2D eigenvalue weighted by Crippen LogP contribution is 2.30. The molecule has 3 rings (SSSR count). The summed E-state index contributed by atoms with van der Waals surface area (Å²) in [6.45, 7) is 3.69. The highest BCUT2D eigenvalue weighted by Gasteiger charge is 2.24. The Bertz CT molecular complexity index is 361. The standard InChI is InChI=1S/C13H18N2O/c1-2-4-12-11(3-1)5-6-13(12)14-15-7-9-16-10-8-15/h1-4,13-14H,5-10H2. The van der Waals surface area contributed by atoms with Gasteiger partial charge in [0.25, 0.3) is 0 Å². The van der Waals surface area contributed by atoms with Crippen molar-refractivity contribution in [3.8, 4) is 0 Å². The second-order valence-corrected chi connectivity index (χ2v) is 4.52. The van der Waals surface area contributed by atoms with Crippen LogP contribution < -0.4 is 5.43 Å². The van der Waals surface area contributed by atoms with Crippen molar-refractivity contribution in [1.82, 2.24) is 10.4 Å². The molecule has 1 aliphatic heterocycles. The third-order valence-corrected chi connectivity index (χ3v) is 3.48. The van der Waals surface area contributed by atoms with Gasteiger partial charge in [-0.25, -0.2) is 10.4 Å². The van der Waals surface area contributed by atoms with Gasteiger partial charge in [0.05, 0.1) is 13.2 Å². The molecule has 16 heavy (non-hydrogen) atoms. The van der Waals surface area contributed by atoms with Gasteiger partial charge in [-0.1, -0.05) is 24.3 Å². The first kappa shape index (κ1) is 10.3. The van der Waals surface area contributed by atoms with Crippen molar-refractivity contribution in [2.24, 2.45) is 0 Å². The molecule has 0 bridgehead atoms. The second kappa shape index (κ2) is 4.53. The average Bonchev–Trinajstić information content (AvgIpc) is 2.74. The molecule has 3 nitrogen and oxygen atoms in total. The third kappa shape index (κ3) is 1.98. The van der Waals surface area contributed by atoms with E-state index in [1.54, 1.807) is 0 Å². The Morgan fingerprint density at radius 1 is 1.19 bits per heavy atom. The molecule has 1 unspecified atom stereocenters. The van der Waals surface area contributed by atoms with Crippen LogP contribution in [-0.4, -0.2) is 31.3 Å². The minimum atomic E-state index is 0.509. The van der Waals surface area contributed by atoms with Crippen molar-refractivity contribution in [3.05, 3.63) is 35.4 Å². The van der Waals surface area contributed by atoms with Crippen LogP contribution in [0.15, 0.2) is 24.3 Å². The number of nitrogens with one attached hydrogen (secondary N) is 1. The lowest BCUT2D eigenvalue weighted by molar-refractivity contribution is 0.00348. The first-order valence-electron chi connectivity index (χ1n) is 6.10. The number of hydrazine groups is 1. The van der Waals surface area contributed by atoms with Gasteiger partial charge < -0.3 is 4.74 Å². The normalized spacial score (nSPS) is 25.6. The van der Waals surface area contributed by atoms with E-state index in [4.69, 9.17) is 4.74 Å². The molecule has 0 radical (unpaired) electrons. The van der Waals surface area contributed by atoms with E-state index in [1.807, 2.05) is 0 Å². The zero-order valence-electron chi connectivity index (χ0n) is 9.48. The largest absolute Gasteiger partial charge is 0.379 e. The molecule has 1 fully saturated rings. The van der Waals surface area contributed by atoms with Gasteiger partial charge >= 0.3 is 0 Å². The number of hydrogen-bond acceptors (Lipinski definition) is 3. The molecule has 0 spiro atoms. The van der Waals surface area contributed by atoms with Crippen LogP contribution in [0.3, 0.4) is 0 Å². The average molecular weight is 218 g/mol. The van der Waals surface area contributed by atoms with Gasteiger partial charge in [0.15, 0.2) is 0 Å². The van der Waals surface area contributed by atoms with E-state index in [0.29, 0.717) is 6.04 Å². The van der Waals surface area contributed by atoms with Crippen LogP contribution in [0.4, 0.5) is 0 Å². The Labute approximate surface area is 96.4 Å². The van der Waals surface area contributed by atoms with E-state index in [-0.39, 0.29) is 0 Å². The van der Waals surface area contributed by atoms with Crippen molar-refractivity contribution in [2.45, 2.75) is 18.9 Å². The summed E-state index contributed by atoms with van der Waals surface area (Å²) in [4.78, 5) is 0. The van der Waals surface area contributed by atoms with Gasteiger partial charge in [0, 0.05) is 19.1 Å². The van der Waals surface area contributed by atoms with E-state index in [2.05, 4.69) is 34.7 Å². The summed E-state index contributed by atoms with van der Waals surface area (Å²) >= 11 is 0. The van der Waals surface area contributed by atoms with Gasteiger partial charge in [-0.2, -0.15) is 0 Å². The molecule has 1 saturated heterocycles. The molecule has 0 saturated carbocycles. The van der Waals surface area contributed by atoms with Gasteiger partial charge in [0.2, 0.25) is 0 Å². The third-order valence-electron chi connectivity index (χ3n) is 3.48. The molecule has 86 valence electrons. The Hall–Kier alpha value is -0.900. The maximum atomic E-state index is 5.35. The fraction of sp³-hybridized carbons (Fsp3) is 0.538. The first-order chi connectivity index (χ1) is 7.93. The smallest absolute Gasteiger partial charge is 0.0608 e. The molecule has 1 aromatic rings. The van der Waals surface area contributed by atoms with Gasteiger partial charge in [-0.15, -0.1) is 0 Å². The summed E-state index contributed by atoms with van der Waals surface area (Å²) in [7, 11) is 0. The topological polar surface area (TPSA) is 24.5 Å². The lowest BCUT2D eigenvalue weighted by Gasteiger charge is -2.30. The predicted molar refractivity (Wildman–Crippen MR) is 63.0 cm³/mol. The highest BCUT2D eigenvalue weighted by atomic mass is 16.5. The fourth-order valence-electron chi connectivity index (χ4n) is 2.60. The van der Waals surface area contributed by atoms with E-state index < -0.39 is 0 Å². The quantitative estimate of drug-likeness (QED) is 0.814. The van der Waals surface area contributed by atoms with E-state index in [0.717, 1.165) is 26.3 Å². The molecule has 3 heteroatoms. The zero-order chi connectivity index (χ0) is 10.8. The number of nitrogens with zero attached hydrogens (tertiary/aromatic N) is 1. The lowest BCUT2D eigenvalue weighted by atomic mass is 10.1. The number of fused-ring (bicyclic) bond motifs is 1. The second-order valence-electron chi connectivity index (χ2n) is 4.52. The van der Waals surface area contributed by atoms with Crippen molar-refractivity contribution >= 4 is 0 Å². The number of hydrogen-bond donors (Lipinski definition) is 1. The van der Waals surface area contributed by atoms with Gasteiger partial charge in [-0.05, 0) is 24.0 Å². The van der Waals surface area contributed by atoms with Crippen molar-refractivity contribution in [1.29, 1.82) is 0 Å². The summed E-state index contributed by atoms with van der Waals surface area (Å²) < 4.78 is 5.35. The van der Waals surface area contributed by atoms with E-state index in [1.165, 1.54) is 24.0 Å². The number of benzene rings is 1. The molecular formula is C13H18N2O. The zero-order valence-corrected chi connectivity index (χ0v) is 9.48. The Kier molecular flexibility index (Phi) is 2.91. The summed E-state index contributed by atoms with van der Waals surface area (Å²) in [5.41, 5.74) is 6.62. The lowest BCUT2D eigenvalue weighted by Crippen LogP contribution is -2.46. The maximum Gasteiger partial charge on any atom is 0.0608 e. The molecule has 0 amide bonds. The van der Waals surface area contributed by atoms with E-state index in [9.17, 15) is 0 Å². The minimum Gasteiger partial charge on any atom is -0.379 e. The Balaban J connectivity index is 1.68. The summed E-state index contributed by atoms with van der Waals surface area (Å²) in [5.74, 6) is 0. The minimum absolute atomic E-state index is 0.509. The van der Waals surface area contributed by atoms with E-state index >= 15 is 0 Å². The van der Waals surface area contributed by atoms with Crippen LogP contribution in [0.1, 0.15) is 23.6 Å². The van der Waals surface area contributed by atoms with Crippen LogP contribution >= 0.6 is 0 Å². The maximum absolute atomic E-state index is 5.35. The van der Waals surface area contributed by atoms with Crippen LogP contribution in [-0.2, 0) is 11.2 Å². The molecule has 0 aromatic heterocycles. The first-order valence-corrected chi connectivity index (χ1v) is 6.10. The van der Waals surface area contributed by atoms with Crippen LogP contribution in [0.5, 0.6) is 0 Å². The predicted octanol–water partition coefficient (Wildman–Crippen LogP) is 1.51. The molecule has 1 aliphatic carbocycles. The SMILES string of the molecule is c1ccc2c(c1)CCC2NN1CCOCC1. The number of aryl methyl sites for hydroxylation is 1. The molecule has 1 aromatic carbocycles. The summed E-state index contributed by atoms with van der Waals surface area (Å²) in [5, 5.41) is 2.30. The van der Waals surface area contributed by atoms with Crippen molar-refractivity contribution in [3.63, 3.8) is 0 Å². The Morgan fingerprint density at radius 2 is 2.00 bits per heavy atom. The van der Waals surface area contributed by atoms with Crippen LogP contribution in [0.25, 0.3) is 0 Å². The van der Waals surface area contributed by atoms with Gasteiger partial charge in [0.1, 0.15) is 0 Å². The fourth-order valence-corrected chi connectivity index (χ4v) is 2.60. The molecular weight excluding hydrogens is 200 g/mol. The number of ether oxygens (including phenoxy) is 1. The molecule has 2 aliphatic rings.